The highest BCUT2D eigenvalue weighted by Crippen LogP contribution is 2.18. The molecule has 0 amide bonds. The monoisotopic (exact) mass is 190 g/mol. The fraction of sp³-hybridized carbons (Fsp3) is 0. The molecule has 0 saturated carbocycles. The van der Waals surface area contributed by atoms with Crippen LogP contribution in [0.25, 0.3) is 11.4 Å². The zero-order chi connectivity index (χ0) is 9.10. The quantitative estimate of drug-likeness (QED) is 0.691. The van der Waals surface area contributed by atoms with Gasteiger partial charge in [0.25, 0.3) is 0 Å². The summed E-state index contributed by atoms with van der Waals surface area (Å²) in [6.07, 6.45) is 3.42. The van der Waals surface area contributed by atoms with Gasteiger partial charge in [0.15, 0.2) is 5.82 Å². The van der Waals surface area contributed by atoms with Gasteiger partial charge in [-0.25, -0.2) is 9.97 Å². The third kappa shape index (κ3) is 1.84. The summed E-state index contributed by atoms with van der Waals surface area (Å²) in [5.41, 5.74) is 0.938. The second-order valence-corrected chi connectivity index (χ2v) is 3.02. The van der Waals surface area contributed by atoms with Gasteiger partial charge >= 0.3 is 0 Å². The van der Waals surface area contributed by atoms with Gasteiger partial charge in [-0.2, -0.15) is 0 Å². The average molecular weight is 191 g/mol. The highest BCUT2D eigenvalue weighted by atomic mass is 35.5. The molecule has 0 bridgehead atoms. The van der Waals surface area contributed by atoms with E-state index in [1.807, 2.05) is 24.3 Å². The molecule has 3 heteroatoms. The first-order valence-corrected chi connectivity index (χ1v) is 4.27. The van der Waals surface area contributed by atoms with Crippen LogP contribution in [-0.4, -0.2) is 9.97 Å². The van der Waals surface area contributed by atoms with Gasteiger partial charge < -0.3 is 0 Å². The Labute approximate surface area is 81.2 Å². The van der Waals surface area contributed by atoms with Crippen molar-refractivity contribution in [1.29, 1.82) is 0 Å². The molecule has 13 heavy (non-hydrogen) atoms. The van der Waals surface area contributed by atoms with Gasteiger partial charge in [0.1, 0.15) is 0 Å². The van der Waals surface area contributed by atoms with Gasteiger partial charge in [0.05, 0.1) is 0 Å². The molecule has 0 aliphatic carbocycles. The first-order valence-electron chi connectivity index (χ1n) is 3.89. The van der Waals surface area contributed by atoms with Crippen molar-refractivity contribution in [3.05, 3.63) is 47.7 Å². The molecular formula is C10H7ClN2. The number of halogens is 1. The summed E-state index contributed by atoms with van der Waals surface area (Å²) in [6.45, 7) is 0. The maximum absolute atomic E-state index is 5.84. The molecular weight excluding hydrogens is 184 g/mol. The number of rotatable bonds is 1. The Kier molecular flexibility index (Phi) is 2.23. The van der Waals surface area contributed by atoms with Gasteiger partial charge in [-0.3, -0.25) is 0 Å². The fourth-order valence-corrected chi connectivity index (χ4v) is 1.27. The van der Waals surface area contributed by atoms with Crippen LogP contribution >= 0.6 is 11.6 Å². The predicted octanol–water partition coefficient (Wildman–Crippen LogP) is 2.80. The van der Waals surface area contributed by atoms with Crippen LogP contribution in [0.15, 0.2) is 42.7 Å². The molecule has 0 radical (unpaired) electrons. The molecule has 0 N–H and O–H groups in total. The Hall–Kier alpha value is -1.41. The molecule has 0 aliphatic rings. The largest absolute Gasteiger partial charge is 0.237 e. The zero-order valence-corrected chi connectivity index (χ0v) is 7.57. The van der Waals surface area contributed by atoms with Crippen LogP contribution < -0.4 is 0 Å². The first-order chi connectivity index (χ1) is 6.36. The van der Waals surface area contributed by atoms with Crippen molar-refractivity contribution in [3.63, 3.8) is 0 Å². The summed E-state index contributed by atoms with van der Waals surface area (Å²) in [5.74, 6) is 0.699. The van der Waals surface area contributed by atoms with Crippen LogP contribution in [0.5, 0.6) is 0 Å². The van der Waals surface area contributed by atoms with E-state index in [0.29, 0.717) is 10.8 Å². The predicted molar refractivity (Wildman–Crippen MR) is 52.5 cm³/mol. The maximum Gasteiger partial charge on any atom is 0.159 e. The van der Waals surface area contributed by atoms with Crippen LogP contribution in [0.3, 0.4) is 0 Å². The fourth-order valence-electron chi connectivity index (χ4n) is 1.08. The standard InChI is InChI=1S/C10H7ClN2/c11-9-4-1-3-8(7-9)10-12-5-2-6-13-10/h1-7H. The zero-order valence-electron chi connectivity index (χ0n) is 6.81. The molecule has 0 aliphatic heterocycles. The van der Waals surface area contributed by atoms with E-state index in [1.54, 1.807) is 18.5 Å². The second kappa shape index (κ2) is 3.54. The molecule has 0 spiro atoms. The minimum atomic E-state index is 0.699. The number of benzene rings is 1. The number of hydrogen-bond donors (Lipinski definition) is 0. The summed E-state index contributed by atoms with van der Waals surface area (Å²) >= 11 is 5.84. The van der Waals surface area contributed by atoms with E-state index in [-0.39, 0.29) is 0 Å². The molecule has 0 unspecified atom stereocenters. The Morgan fingerprint density at radius 2 is 1.77 bits per heavy atom. The van der Waals surface area contributed by atoms with Crippen molar-refractivity contribution in [2.75, 3.05) is 0 Å². The minimum Gasteiger partial charge on any atom is -0.237 e. The van der Waals surface area contributed by atoms with Gasteiger partial charge in [-0.05, 0) is 18.2 Å². The molecule has 64 valence electrons. The van der Waals surface area contributed by atoms with Crippen molar-refractivity contribution in [3.8, 4) is 11.4 Å². The van der Waals surface area contributed by atoms with Crippen molar-refractivity contribution in [2.45, 2.75) is 0 Å². The summed E-state index contributed by atoms with van der Waals surface area (Å²) in [7, 11) is 0. The maximum atomic E-state index is 5.84. The minimum absolute atomic E-state index is 0.699. The Bertz CT molecular complexity index is 401. The molecule has 0 saturated heterocycles. The van der Waals surface area contributed by atoms with E-state index in [9.17, 15) is 0 Å². The van der Waals surface area contributed by atoms with Crippen LogP contribution in [0.4, 0.5) is 0 Å². The van der Waals surface area contributed by atoms with Gasteiger partial charge in [0, 0.05) is 23.0 Å². The molecule has 0 fully saturated rings. The van der Waals surface area contributed by atoms with Crippen LogP contribution in [-0.2, 0) is 0 Å². The summed E-state index contributed by atoms with van der Waals surface area (Å²) < 4.78 is 0. The molecule has 2 aromatic rings. The number of hydrogen-bond acceptors (Lipinski definition) is 2. The Morgan fingerprint density at radius 3 is 2.46 bits per heavy atom. The van der Waals surface area contributed by atoms with Crippen LogP contribution in [0.2, 0.25) is 5.02 Å². The Morgan fingerprint density at radius 1 is 1.00 bits per heavy atom. The normalized spacial score (nSPS) is 9.92. The van der Waals surface area contributed by atoms with Gasteiger partial charge in [-0.1, -0.05) is 23.7 Å². The average Bonchev–Trinajstić information content (AvgIpc) is 2.19. The van der Waals surface area contributed by atoms with E-state index < -0.39 is 0 Å². The van der Waals surface area contributed by atoms with E-state index in [1.165, 1.54) is 0 Å². The van der Waals surface area contributed by atoms with Crippen molar-refractivity contribution < 1.29 is 0 Å². The number of aromatic nitrogens is 2. The lowest BCUT2D eigenvalue weighted by Gasteiger charge is -1.98. The number of nitrogens with zero attached hydrogens (tertiary/aromatic N) is 2. The third-order valence-electron chi connectivity index (χ3n) is 1.65. The molecule has 0 atom stereocenters. The smallest absolute Gasteiger partial charge is 0.159 e. The lowest BCUT2D eigenvalue weighted by Crippen LogP contribution is -1.85. The summed E-state index contributed by atoms with van der Waals surface area (Å²) in [5, 5.41) is 0.699. The van der Waals surface area contributed by atoms with Crippen molar-refractivity contribution in [2.24, 2.45) is 0 Å². The summed E-state index contributed by atoms with van der Waals surface area (Å²) in [4.78, 5) is 8.24. The van der Waals surface area contributed by atoms with Crippen molar-refractivity contribution in [1.82, 2.24) is 9.97 Å². The molecule has 1 aromatic carbocycles. The topological polar surface area (TPSA) is 25.8 Å². The van der Waals surface area contributed by atoms with E-state index >= 15 is 0 Å². The van der Waals surface area contributed by atoms with E-state index in [0.717, 1.165) is 5.56 Å². The molecule has 1 aromatic heterocycles. The SMILES string of the molecule is Clc1cccc(-c2ncccn2)c1. The molecule has 2 rings (SSSR count). The molecule has 2 nitrogen and oxygen atoms in total. The van der Waals surface area contributed by atoms with Crippen LogP contribution in [0, 0.1) is 0 Å². The highest BCUT2D eigenvalue weighted by molar-refractivity contribution is 6.30. The second-order valence-electron chi connectivity index (χ2n) is 2.58. The van der Waals surface area contributed by atoms with E-state index in [2.05, 4.69) is 9.97 Å². The first kappa shape index (κ1) is 8.20. The lowest BCUT2D eigenvalue weighted by atomic mass is 10.2. The highest BCUT2D eigenvalue weighted by Gasteiger charge is 1.98. The lowest BCUT2D eigenvalue weighted by molar-refractivity contribution is 1.18. The Balaban J connectivity index is 2.48. The third-order valence-corrected chi connectivity index (χ3v) is 1.88. The van der Waals surface area contributed by atoms with Crippen molar-refractivity contribution >= 4 is 11.6 Å². The van der Waals surface area contributed by atoms with E-state index in [4.69, 9.17) is 11.6 Å². The van der Waals surface area contributed by atoms with Gasteiger partial charge in [-0.15, -0.1) is 0 Å². The van der Waals surface area contributed by atoms with Gasteiger partial charge in [0.2, 0.25) is 0 Å². The van der Waals surface area contributed by atoms with Crippen LogP contribution in [0.1, 0.15) is 0 Å². The molecule has 1 heterocycles. The summed E-state index contributed by atoms with van der Waals surface area (Å²) in [6, 6.07) is 9.27.